The first-order chi connectivity index (χ1) is 7.88. The monoisotopic (exact) mass is 214 g/mol. The van der Waals surface area contributed by atoms with E-state index in [0.717, 1.165) is 24.4 Å². The highest BCUT2D eigenvalue weighted by Gasteiger charge is 1.98. The van der Waals surface area contributed by atoms with Crippen LogP contribution in [-0.4, -0.2) is 17.2 Å². The number of nitrogens with zero attached hydrogens (tertiary/aromatic N) is 2. The highest BCUT2D eigenvalue weighted by molar-refractivity contribution is 6.07. The molecule has 0 spiro atoms. The van der Waals surface area contributed by atoms with Gasteiger partial charge in [0.05, 0.1) is 11.4 Å². The van der Waals surface area contributed by atoms with Crippen LogP contribution in [0.2, 0.25) is 0 Å². The molecule has 0 aromatic carbocycles. The van der Waals surface area contributed by atoms with Gasteiger partial charge in [0.15, 0.2) is 0 Å². The predicted molar refractivity (Wildman–Crippen MR) is 69.9 cm³/mol. The number of aromatic nitrogens is 1. The van der Waals surface area contributed by atoms with Gasteiger partial charge in [-0.3, -0.25) is 9.98 Å². The van der Waals surface area contributed by atoms with Gasteiger partial charge in [0.25, 0.3) is 0 Å². The van der Waals surface area contributed by atoms with Crippen LogP contribution >= 0.6 is 0 Å². The molecule has 0 bridgehead atoms. The van der Waals surface area contributed by atoms with Crippen molar-refractivity contribution < 1.29 is 0 Å². The van der Waals surface area contributed by atoms with E-state index in [1.54, 1.807) is 6.20 Å². The molecule has 0 saturated carbocycles. The molecule has 0 N–H and O–H groups in total. The first kappa shape index (κ1) is 12.4. The third kappa shape index (κ3) is 4.22. The summed E-state index contributed by atoms with van der Waals surface area (Å²) in [6.45, 7) is 4.95. The van der Waals surface area contributed by atoms with Gasteiger partial charge >= 0.3 is 0 Å². The Balaban J connectivity index is 2.88. The zero-order valence-corrected chi connectivity index (χ0v) is 9.93. The minimum atomic E-state index is 0.839. The topological polar surface area (TPSA) is 25.2 Å². The van der Waals surface area contributed by atoms with Gasteiger partial charge in [0.2, 0.25) is 0 Å². The van der Waals surface area contributed by atoms with Crippen LogP contribution in [0.5, 0.6) is 0 Å². The van der Waals surface area contributed by atoms with Crippen molar-refractivity contribution in [2.24, 2.45) is 4.99 Å². The number of allylic oxidation sites excluding steroid dienone is 4. The molecule has 84 valence electrons. The summed E-state index contributed by atoms with van der Waals surface area (Å²) in [6, 6.07) is 5.87. The Labute approximate surface area is 97.5 Å². The average Bonchev–Trinajstić information content (AvgIpc) is 2.35. The lowest BCUT2D eigenvalue weighted by atomic mass is 10.2. The predicted octanol–water partition coefficient (Wildman–Crippen LogP) is 3.41. The summed E-state index contributed by atoms with van der Waals surface area (Å²) in [5.74, 6) is 0. The average molecular weight is 214 g/mol. The summed E-state index contributed by atoms with van der Waals surface area (Å²) in [4.78, 5) is 8.82. The lowest BCUT2D eigenvalue weighted by Crippen LogP contribution is -2.00. The van der Waals surface area contributed by atoms with Crippen molar-refractivity contribution in [3.63, 3.8) is 0 Å². The lowest BCUT2D eigenvalue weighted by Gasteiger charge is -1.99. The summed E-state index contributed by atoms with van der Waals surface area (Å²) in [5, 5.41) is 0. The van der Waals surface area contributed by atoms with Crippen LogP contribution in [-0.2, 0) is 0 Å². The molecule has 0 aliphatic rings. The summed E-state index contributed by atoms with van der Waals surface area (Å²) < 4.78 is 0. The molecule has 0 unspecified atom stereocenters. The number of hydrogen-bond donors (Lipinski definition) is 0. The quantitative estimate of drug-likeness (QED) is 0.544. The van der Waals surface area contributed by atoms with E-state index in [0.29, 0.717) is 0 Å². The van der Waals surface area contributed by atoms with E-state index in [1.807, 2.05) is 49.4 Å². The summed E-state index contributed by atoms with van der Waals surface area (Å²) in [7, 11) is 0. The molecule has 2 nitrogen and oxygen atoms in total. The first-order valence-electron chi connectivity index (χ1n) is 5.63. The molecule has 0 fully saturated rings. The van der Waals surface area contributed by atoms with Gasteiger partial charge in [-0.15, -0.1) is 0 Å². The van der Waals surface area contributed by atoms with Crippen molar-refractivity contribution in [1.29, 1.82) is 0 Å². The van der Waals surface area contributed by atoms with Crippen LogP contribution in [0.1, 0.15) is 26.0 Å². The Hall–Kier alpha value is -1.70. The van der Waals surface area contributed by atoms with E-state index >= 15 is 0 Å². The standard InChI is InChI=1S/C14H18N2/c1-3-5-6-9-13(15-11-4-2)14-10-7-8-12-16-14/h3,5-10,12H,4,11H2,1-2H3/b5-3-,9-6-,15-13-. The number of aliphatic imine (C=N–C) groups is 1. The molecular formula is C14H18N2. The van der Waals surface area contributed by atoms with E-state index in [2.05, 4.69) is 16.9 Å². The van der Waals surface area contributed by atoms with Crippen LogP contribution in [0, 0.1) is 0 Å². The zero-order chi connectivity index (χ0) is 11.6. The first-order valence-corrected chi connectivity index (χ1v) is 5.63. The molecule has 1 aromatic rings. The van der Waals surface area contributed by atoms with Crippen LogP contribution in [0.3, 0.4) is 0 Å². The number of rotatable bonds is 5. The van der Waals surface area contributed by atoms with Crippen molar-refractivity contribution >= 4 is 5.71 Å². The number of hydrogen-bond acceptors (Lipinski definition) is 2. The fourth-order valence-electron chi connectivity index (χ4n) is 1.22. The summed E-state index contributed by atoms with van der Waals surface area (Å²) in [6.07, 6.45) is 10.8. The van der Waals surface area contributed by atoms with Gasteiger partial charge in [0, 0.05) is 12.7 Å². The van der Waals surface area contributed by atoms with Gasteiger partial charge in [-0.05, 0) is 31.6 Å². The smallest absolute Gasteiger partial charge is 0.0881 e. The van der Waals surface area contributed by atoms with E-state index in [1.165, 1.54) is 0 Å². The van der Waals surface area contributed by atoms with Crippen LogP contribution in [0.4, 0.5) is 0 Å². The van der Waals surface area contributed by atoms with E-state index in [9.17, 15) is 0 Å². The Bertz CT molecular complexity index is 375. The third-order valence-corrected chi connectivity index (χ3v) is 1.99. The molecule has 1 aromatic heterocycles. The van der Waals surface area contributed by atoms with Crippen LogP contribution in [0.25, 0.3) is 0 Å². The minimum absolute atomic E-state index is 0.839. The Kier molecular flexibility index (Phi) is 5.86. The number of pyridine rings is 1. The molecule has 16 heavy (non-hydrogen) atoms. The second-order valence-corrected chi connectivity index (χ2v) is 3.37. The van der Waals surface area contributed by atoms with E-state index in [4.69, 9.17) is 0 Å². The fourth-order valence-corrected chi connectivity index (χ4v) is 1.22. The zero-order valence-electron chi connectivity index (χ0n) is 9.93. The van der Waals surface area contributed by atoms with Crippen molar-refractivity contribution in [2.45, 2.75) is 20.3 Å². The van der Waals surface area contributed by atoms with Gasteiger partial charge in [-0.1, -0.05) is 31.2 Å². The molecule has 0 amide bonds. The van der Waals surface area contributed by atoms with E-state index in [-0.39, 0.29) is 0 Å². The van der Waals surface area contributed by atoms with Crippen LogP contribution < -0.4 is 0 Å². The van der Waals surface area contributed by atoms with Crippen molar-refractivity contribution in [1.82, 2.24) is 4.98 Å². The largest absolute Gasteiger partial charge is 0.283 e. The summed E-state index contributed by atoms with van der Waals surface area (Å²) >= 11 is 0. The molecule has 0 aliphatic carbocycles. The Morgan fingerprint density at radius 1 is 1.38 bits per heavy atom. The summed E-state index contributed by atoms with van der Waals surface area (Å²) in [5.41, 5.74) is 1.87. The molecule has 1 heterocycles. The lowest BCUT2D eigenvalue weighted by molar-refractivity contribution is 0.932. The van der Waals surface area contributed by atoms with Gasteiger partial charge < -0.3 is 0 Å². The third-order valence-electron chi connectivity index (χ3n) is 1.99. The molecule has 0 aliphatic heterocycles. The van der Waals surface area contributed by atoms with Gasteiger partial charge in [-0.2, -0.15) is 0 Å². The van der Waals surface area contributed by atoms with E-state index < -0.39 is 0 Å². The maximum atomic E-state index is 4.52. The second kappa shape index (κ2) is 7.57. The Morgan fingerprint density at radius 2 is 2.25 bits per heavy atom. The van der Waals surface area contributed by atoms with Gasteiger partial charge in [0.1, 0.15) is 0 Å². The fraction of sp³-hybridized carbons (Fsp3) is 0.286. The highest BCUT2D eigenvalue weighted by Crippen LogP contribution is 2.00. The van der Waals surface area contributed by atoms with Crippen molar-refractivity contribution in [2.75, 3.05) is 6.54 Å². The normalized spacial score (nSPS) is 12.8. The minimum Gasteiger partial charge on any atom is -0.283 e. The molecule has 0 radical (unpaired) electrons. The molecule has 0 atom stereocenters. The highest BCUT2D eigenvalue weighted by atomic mass is 14.8. The van der Waals surface area contributed by atoms with Crippen molar-refractivity contribution in [3.05, 3.63) is 54.4 Å². The van der Waals surface area contributed by atoms with Crippen molar-refractivity contribution in [3.8, 4) is 0 Å². The van der Waals surface area contributed by atoms with Gasteiger partial charge in [-0.25, -0.2) is 0 Å². The molecular weight excluding hydrogens is 196 g/mol. The molecule has 0 saturated heterocycles. The molecule has 1 rings (SSSR count). The SMILES string of the molecule is C\C=C/C=C\C(=N\CCC)c1ccccn1. The van der Waals surface area contributed by atoms with Crippen LogP contribution in [0.15, 0.2) is 53.7 Å². The maximum absolute atomic E-state index is 4.52. The Morgan fingerprint density at radius 3 is 2.88 bits per heavy atom. The maximum Gasteiger partial charge on any atom is 0.0881 e. The second-order valence-electron chi connectivity index (χ2n) is 3.37. The molecule has 2 heteroatoms.